The summed E-state index contributed by atoms with van der Waals surface area (Å²) >= 11 is 0. The average Bonchev–Trinajstić information content (AvgIpc) is 2.74. The smallest absolute Gasteiger partial charge is 0.225 e. The summed E-state index contributed by atoms with van der Waals surface area (Å²) in [6.45, 7) is 5.16. The van der Waals surface area contributed by atoms with Gasteiger partial charge in [-0.15, -0.1) is 0 Å². The van der Waals surface area contributed by atoms with E-state index in [1.807, 2.05) is 6.92 Å². The normalized spacial score (nSPS) is 22.6. The summed E-state index contributed by atoms with van der Waals surface area (Å²) in [5.41, 5.74) is 0. The van der Waals surface area contributed by atoms with E-state index < -0.39 is 9.84 Å². The van der Waals surface area contributed by atoms with Gasteiger partial charge in [0.1, 0.15) is 0 Å². The van der Waals surface area contributed by atoms with Crippen LogP contribution in [0.3, 0.4) is 0 Å². The first-order chi connectivity index (χ1) is 9.41. The monoisotopic (exact) mass is 305 g/mol. The van der Waals surface area contributed by atoms with E-state index in [0.29, 0.717) is 19.6 Å². The molecule has 0 aromatic rings. The highest BCUT2D eigenvalue weighted by molar-refractivity contribution is 7.91. The maximum Gasteiger partial charge on any atom is 0.225 e. The standard InChI is InChI=1S/C14H27NO4S/c1-4-6-12(2)14(16)15(8-5-9-19-3)13-7-10-20(17,18)11-13/h12-13H,4-11H2,1-3H3. The summed E-state index contributed by atoms with van der Waals surface area (Å²) in [6, 6.07) is -0.149. The zero-order valence-corrected chi connectivity index (χ0v) is 13.6. The van der Waals surface area contributed by atoms with Crippen LogP contribution in [0.5, 0.6) is 0 Å². The highest BCUT2D eigenvalue weighted by atomic mass is 32.2. The second-order valence-electron chi connectivity index (χ2n) is 5.62. The van der Waals surface area contributed by atoms with Crippen LogP contribution in [0.2, 0.25) is 0 Å². The van der Waals surface area contributed by atoms with E-state index in [9.17, 15) is 13.2 Å². The molecule has 1 saturated heterocycles. The van der Waals surface area contributed by atoms with Crippen LogP contribution in [-0.4, -0.2) is 57.0 Å². The second kappa shape index (κ2) is 7.98. The molecule has 0 radical (unpaired) electrons. The Balaban J connectivity index is 2.72. The first-order valence-electron chi connectivity index (χ1n) is 7.41. The van der Waals surface area contributed by atoms with Gasteiger partial charge in [-0.3, -0.25) is 4.79 Å². The van der Waals surface area contributed by atoms with Crippen molar-refractivity contribution in [3.8, 4) is 0 Å². The summed E-state index contributed by atoms with van der Waals surface area (Å²) in [5.74, 6) is 0.370. The highest BCUT2D eigenvalue weighted by Gasteiger charge is 2.35. The van der Waals surface area contributed by atoms with Crippen LogP contribution in [0.15, 0.2) is 0 Å². The lowest BCUT2D eigenvalue weighted by molar-refractivity contribution is -0.137. The molecule has 1 amide bonds. The minimum absolute atomic E-state index is 0.0363. The van der Waals surface area contributed by atoms with E-state index in [1.54, 1.807) is 12.0 Å². The van der Waals surface area contributed by atoms with Crippen molar-refractivity contribution in [2.75, 3.05) is 31.8 Å². The molecule has 1 rings (SSSR count). The number of amides is 1. The lowest BCUT2D eigenvalue weighted by Gasteiger charge is -2.30. The first-order valence-corrected chi connectivity index (χ1v) is 9.23. The van der Waals surface area contributed by atoms with Crippen molar-refractivity contribution in [1.29, 1.82) is 0 Å². The molecule has 0 N–H and O–H groups in total. The number of carbonyl (C=O) groups excluding carboxylic acids is 1. The van der Waals surface area contributed by atoms with E-state index in [0.717, 1.165) is 19.3 Å². The van der Waals surface area contributed by atoms with E-state index in [2.05, 4.69) is 6.92 Å². The Hall–Kier alpha value is -0.620. The van der Waals surface area contributed by atoms with Crippen LogP contribution in [0, 0.1) is 5.92 Å². The van der Waals surface area contributed by atoms with Crippen LogP contribution in [0.4, 0.5) is 0 Å². The Morgan fingerprint density at radius 2 is 2.15 bits per heavy atom. The van der Waals surface area contributed by atoms with Crippen LogP contribution in [-0.2, 0) is 19.4 Å². The fourth-order valence-corrected chi connectivity index (χ4v) is 4.44. The molecule has 2 unspecified atom stereocenters. The molecule has 1 fully saturated rings. The van der Waals surface area contributed by atoms with Crippen molar-refractivity contribution >= 4 is 15.7 Å². The van der Waals surface area contributed by atoms with Gasteiger partial charge >= 0.3 is 0 Å². The molecule has 20 heavy (non-hydrogen) atoms. The molecule has 0 aromatic carbocycles. The summed E-state index contributed by atoms with van der Waals surface area (Å²) < 4.78 is 28.3. The van der Waals surface area contributed by atoms with Crippen molar-refractivity contribution in [1.82, 2.24) is 4.90 Å². The van der Waals surface area contributed by atoms with Gasteiger partial charge in [0.15, 0.2) is 9.84 Å². The van der Waals surface area contributed by atoms with Crippen LogP contribution < -0.4 is 0 Å². The SMILES string of the molecule is CCCC(C)C(=O)N(CCCOC)C1CCS(=O)(=O)C1. The summed E-state index contributed by atoms with van der Waals surface area (Å²) in [7, 11) is -1.34. The quantitative estimate of drug-likeness (QED) is 0.637. The van der Waals surface area contributed by atoms with Crippen molar-refractivity contribution in [3.63, 3.8) is 0 Å². The zero-order valence-electron chi connectivity index (χ0n) is 12.8. The molecule has 1 heterocycles. The van der Waals surface area contributed by atoms with Crippen molar-refractivity contribution < 1.29 is 17.9 Å². The predicted octanol–water partition coefficient (Wildman–Crippen LogP) is 1.47. The summed E-state index contributed by atoms with van der Waals surface area (Å²) in [5, 5.41) is 0. The Kier molecular flexibility index (Phi) is 6.95. The van der Waals surface area contributed by atoms with Gasteiger partial charge in [-0.2, -0.15) is 0 Å². The molecule has 0 saturated carbocycles. The lowest BCUT2D eigenvalue weighted by Crippen LogP contribution is -2.44. The van der Waals surface area contributed by atoms with Crippen LogP contribution in [0.25, 0.3) is 0 Å². The van der Waals surface area contributed by atoms with Crippen LogP contribution >= 0.6 is 0 Å². The van der Waals surface area contributed by atoms with Gasteiger partial charge < -0.3 is 9.64 Å². The molecule has 0 aromatic heterocycles. The lowest BCUT2D eigenvalue weighted by atomic mass is 10.0. The molecule has 0 bridgehead atoms. The largest absolute Gasteiger partial charge is 0.385 e. The molecule has 6 heteroatoms. The van der Waals surface area contributed by atoms with E-state index in [1.165, 1.54) is 0 Å². The van der Waals surface area contributed by atoms with Gasteiger partial charge in [-0.25, -0.2) is 8.42 Å². The fourth-order valence-electron chi connectivity index (χ4n) is 2.71. The zero-order chi connectivity index (χ0) is 15.2. The fraction of sp³-hybridized carbons (Fsp3) is 0.929. The Bertz CT molecular complexity index is 407. The van der Waals surface area contributed by atoms with Gasteiger partial charge in [-0.05, 0) is 19.3 Å². The number of hydrogen-bond acceptors (Lipinski definition) is 4. The Labute approximate surface area is 122 Å². The number of rotatable bonds is 8. The van der Waals surface area contributed by atoms with Crippen molar-refractivity contribution in [2.24, 2.45) is 5.92 Å². The molecular formula is C14H27NO4S. The topological polar surface area (TPSA) is 63.7 Å². The van der Waals surface area contributed by atoms with Crippen molar-refractivity contribution in [3.05, 3.63) is 0 Å². The minimum atomic E-state index is -2.97. The third kappa shape index (κ3) is 5.05. The van der Waals surface area contributed by atoms with Crippen LogP contribution in [0.1, 0.15) is 39.5 Å². The number of nitrogens with zero attached hydrogens (tertiary/aromatic N) is 1. The van der Waals surface area contributed by atoms with Gasteiger partial charge in [0.05, 0.1) is 11.5 Å². The van der Waals surface area contributed by atoms with E-state index in [4.69, 9.17) is 4.74 Å². The van der Waals surface area contributed by atoms with E-state index >= 15 is 0 Å². The minimum Gasteiger partial charge on any atom is -0.385 e. The van der Waals surface area contributed by atoms with Gasteiger partial charge in [0.2, 0.25) is 5.91 Å². The Morgan fingerprint density at radius 3 is 2.65 bits per heavy atom. The molecule has 0 aliphatic carbocycles. The van der Waals surface area contributed by atoms with Gasteiger partial charge in [-0.1, -0.05) is 20.3 Å². The number of sulfone groups is 1. The number of ether oxygens (including phenoxy) is 1. The first kappa shape index (κ1) is 17.4. The maximum absolute atomic E-state index is 12.5. The second-order valence-corrected chi connectivity index (χ2v) is 7.85. The molecule has 0 spiro atoms. The number of methoxy groups -OCH3 is 1. The van der Waals surface area contributed by atoms with Gasteiger partial charge in [0, 0.05) is 32.2 Å². The molecule has 118 valence electrons. The summed E-state index contributed by atoms with van der Waals surface area (Å²) in [6.07, 6.45) is 3.12. The third-order valence-electron chi connectivity index (χ3n) is 3.82. The highest BCUT2D eigenvalue weighted by Crippen LogP contribution is 2.21. The number of carbonyl (C=O) groups is 1. The molecule has 2 atom stereocenters. The summed E-state index contributed by atoms with van der Waals surface area (Å²) in [4.78, 5) is 14.3. The molecular weight excluding hydrogens is 278 g/mol. The van der Waals surface area contributed by atoms with Crippen molar-refractivity contribution in [2.45, 2.75) is 45.6 Å². The Morgan fingerprint density at radius 1 is 1.45 bits per heavy atom. The molecule has 1 aliphatic heterocycles. The average molecular weight is 305 g/mol. The van der Waals surface area contributed by atoms with E-state index in [-0.39, 0.29) is 29.4 Å². The maximum atomic E-state index is 12.5. The van der Waals surface area contributed by atoms with Gasteiger partial charge in [0.25, 0.3) is 0 Å². The molecule has 1 aliphatic rings. The predicted molar refractivity (Wildman–Crippen MR) is 79.3 cm³/mol. The molecule has 5 nitrogen and oxygen atoms in total. The number of hydrogen-bond donors (Lipinski definition) is 0. The third-order valence-corrected chi connectivity index (χ3v) is 5.57.